The molecule has 0 aliphatic rings. The van der Waals surface area contributed by atoms with Gasteiger partial charge in [-0.2, -0.15) is 0 Å². The number of hydrogen-bond donors (Lipinski definition) is 1. The Labute approximate surface area is 177 Å². The number of ether oxygens (including phenoxy) is 1. The van der Waals surface area contributed by atoms with Crippen molar-refractivity contribution in [1.82, 2.24) is 15.1 Å². The Kier molecular flexibility index (Phi) is 10.9. The normalized spacial score (nSPS) is 10.1. The number of esters is 1. The van der Waals surface area contributed by atoms with Gasteiger partial charge in [0.2, 0.25) is 17.7 Å². The minimum absolute atomic E-state index is 0.0229. The highest BCUT2D eigenvalue weighted by molar-refractivity contribution is 6.34. The van der Waals surface area contributed by atoms with Crippen molar-refractivity contribution in [2.75, 3.05) is 33.2 Å². The second-order valence-corrected chi connectivity index (χ2v) is 6.46. The minimum Gasteiger partial charge on any atom is -0.455 e. The van der Waals surface area contributed by atoms with Crippen LogP contribution < -0.4 is 5.32 Å². The van der Waals surface area contributed by atoms with Crippen molar-refractivity contribution in [3.8, 4) is 0 Å². The van der Waals surface area contributed by atoms with Crippen LogP contribution in [0.1, 0.15) is 18.9 Å². The van der Waals surface area contributed by atoms with Crippen LogP contribution >= 0.6 is 0 Å². The quantitative estimate of drug-likeness (QED) is 0.285. The molecule has 0 heterocycles. The number of Topliss-reactive ketones (excluding diaryl/α,β-unsaturated/α-hetero) is 1. The van der Waals surface area contributed by atoms with E-state index in [2.05, 4.69) is 5.32 Å². The van der Waals surface area contributed by atoms with Crippen LogP contribution in [0.3, 0.4) is 0 Å². The van der Waals surface area contributed by atoms with Gasteiger partial charge in [0.15, 0.2) is 0 Å². The van der Waals surface area contributed by atoms with E-state index in [1.807, 2.05) is 6.07 Å². The van der Waals surface area contributed by atoms with Crippen LogP contribution in [0.4, 0.5) is 0 Å². The van der Waals surface area contributed by atoms with E-state index in [9.17, 15) is 24.0 Å². The molecule has 0 unspecified atom stereocenters. The van der Waals surface area contributed by atoms with E-state index in [1.165, 1.54) is 11.9 Å². The Morgan fingerprint density at radius 3 is 2.30 bits per heavy atom. The lowest BCUT2D eigenvalue weighted by Gasteiger charge is -2.22. The maximum Gasteiger partial charge on any atom is 0.376 e. The second kappa shape index (κ2) is 13.1. The molecule has 160 valence electrons. The molecule has 0 saturated carbocycles. The summed E-state index contributed by atoms with van der Waals surface area (Å²) in [7, 11) is 6.86. The van der Waals surface area contributed by atoms with Gasteiger partial charge < -0.3 is 19.9 Å². The topological polar surface area (TPSA) is 113 Å². The van der Waals surface area contributed by atoms with E-state index < -0.39 is 30.1 Å². The number of ketones is 1. The molecule has 0 fully saturated rings. The fraction of sp³-hybridized carbons (Fsp3) is 0.450. The van der Waals surface area contributed by atoms with Crippen LogP contribution in [-0.2, 0) is 35.3 Å². The number of hydrogen-bond acceptors (Lipinski definition) is 6. The van der Waals surface area contributed by atoms with Gasteiger partial charge in [0, 0.05) is 26.6 Å². The zero-order chi connectivity index (χ0) is 22.5. The highest BCUT2D eigenvalue weighted by atomic mass is 16.5. The van der Waals surface area contributed by atoms with Crippen molar-refractivity contribution in [2.24, 2.45) is 0 Å². The molecule has 0 aliphatic carbocycles. The van der Waals surface area contributed by atoms with E-state index in [0.717, 1.165) is 10.5 Å². The number of carbonyl (C=O) groups is 5. The predicted molar refractivity (Wildman–Crippen MR) is 109 cm³/mol. The van der Waals surface area contributed by atoms with Crippen molar-refractivity contribution in [2.45, 2.75) is 26.3 Å². The predicted octanol–water partition coefficient (Wildman–Crippen LogP) is -0.301. The minimum atomic E-state index is -1.06. The van der Waals surface area contributed by atoms with Crippen molar-refractivity contribution < 1.29 is 28.7 Å². The van der Waals surface area contributed by atoms with Gasteiger partial charge >= 0.3 is 5.97 Å². The Balaban J connectivity index is 2.49. The van der Waals surface area contributed by atoms with Gasteiger partial charge in [-0.05, 0) is 11.9 Å². The summed E-state index contributed by atoms with van der Waals surface area (Å²) in [5.41, 5.74) is 0.725. The van der Waals surface area contributed by atoms with Crippen LogP contribution in [0.15, 0.2) is 30.3 Å². The van der Waals surface area contributed by atoms with Crippen molar-refractivity contribution in [3.63, 3.8) is 0 Å². The fourth-order valence-electron chi connectivity index (χ4n) is 2.42. The molecule has 1 aromatic rings. The molecular weight excluding hydrogens is 389 g/mol. The molecule has 10 heteroatoms. The van der Waals surface area contributed by atoms with E-state index in [0.29, 0.717) is 0 Å². The molecule has 0 aromatic heterocycles. The van der Waals surface area contributed by atoms with Crippen molar-refractivity contribution in [3.05, 3.63) is 35.9 Å². The monoisotopic (exact) mass is 415 g/mol. The third kappa shape index (κ3) is 8.89. The molecule has 2 radical (unpaired) electrons. The molecule has 9 nitrogen and oxygen atoms in total. The van der Waals surface area contributed by atoms with Crippen molar-refractivity contribution in [1.29, 1.82) is 0 Å². The number of amides is 3. The Bertz CT molecular complexity index is 756. The van der Waals surface area contributed by atoms with Crippen molar-refractivity contribution >= 4 is 37.3 Å². The summed E-state index contributed by atoms with van der Waals surface area (Å²) in [6.45, 7) is 1.01. The summed E-state index contributed by atoms with van der Waals surface area (Å²) in [6.07, 6.45) is -0.0704. The summed E-state index contributed by atoms with van der Waals surface area (Å²) >= 11 is 0. The van der Waals surface area contributed by atoms with Gasteiger partial charge in [-0.25, -0.2) is 4.79 Å². The Hall–Kier alpha value is -3.17. The summed E-state index contributed by atoms with van der Waals surface area (Å²) in [5.74, 6) is -3.09. The van der Waals surface area contributed by atoms with E-state index in [-0.39, 0.29) is 44.9 Å². The first-order valence-electron chi connectivity index (χ1n) is 9.50. The van der Waals surface area contributed by atoms with E-state index in [1.54, 1.807) is 31.2 Å². The molecule has 0 bridgehead atoms. The first kappa shape index (κ1) is 24.9. The molecule has 0 saturated heterocycles. The summed E-state index contributed by atoms with van der Waals surface area (Å²) in [5, 5.41) is 2.56. The van der Waals surface area contributed by atoms with Crippen LogP contribution in [0.5, 0.6) is 0 Å². The lowest BCUT2D eigenvalue weighted by atomic mass is 10.0. The number of rotatable bonds is 12. The molecule has 1 aromatic carbocycles. The smallest absolute Gasteiger partial charge is 0.376 e. The average molecular weight is 415 g/mol. The average Bonchev–Trinajstić information content (AvgIpc) is 2.75. The Morgan fingerprint density at radius 2 is 1.70 bits per heavy atom. The standard InChI is InChI=1S/C20H26BN3O6/c1-3-18(27)23(2)13-17(26)22-9-10-24(19(28)11-21)12-16(25)20(29)30-14-15-7-5-4-6-8-15/h4-8H,3,9-14H2,1-2H3,(H,22,26). The van der Waals surface area contributed by atoms with E-state index >= 15 is 0 Å². The van der Waals surface area contributed by atoms with Gasteiger partial charge in [-0.15, -0.1) is 0 Å². The van der Waals surface area contributed by atoms with E-state index in [4.69, 9.17) is 12.6 Å². The second-order valence-electron chi connectivity index (χ2n) is 6.46. The summed E-state index contributed by atoms with van der Waals surface area (Å²) in [6, 6.07) is 8.85. The third-order valence-electron chi connectivity index (χ3n) is 4.12. The largest absolute Gasteiger partial charge is 0.455 e. The zero-order valence-corrected chi connectivity index (χ0v) is 17.3. The van der Waals surface area contributed by atoms with Gasteiger partial charge in [0.05, 0.1) is 20.9 Å². The van der Waals surface area contributed by atoms with Crippen LogP contribution in [-0.4, -0.2) is 80.3 Å². The van der Waals surface area contributed by atoms with Crippen LogP contribution in [0.25, 0.3) is 0 Å². The first-order valence-corrected chi connectivity index (χ1v) is 9.50. The number of benzene rings is 1. The molecule has 30 heavy (non-hydrogen) atoms. The fourth-order valence-corrected chi connectivity index (χ4v) is 2.42. The zero-order valence-electron chi connectivity index (χ0n) is 17.3. The number of likely N-dealkylation sites (N-methyl/N-ethyl adjacent to an activating group) is 1. The SMILES string of the molecule is [B]CC(=O)N(CCNC(=O)CN(C)C(=O)CC)CC(=O)C(=O)OCc1ccccc1. The molecule has 1 N–H and O–H groups in total. The van der Waals surface area contributed by atoms with Crippen LogP contribution in [0, 0.1) is 0 Å². The Morgan fingerprint density at radius 1 is 1.03 bits per heavy atom. The number of nitrogens with zero attached hydrogens (tertiary/aromatic N) is 2. The molecule has 0 aliphatic heterocycles. The number of carbonyl (C=O) groups excluding carboxylic acids is 5. The maximum atomic E-state index is 12.1. The highest BCUT2D eigenvalue weighted by Gasteiger charge is 2.22. The van der Waals surface area contributed by atoms with Gasteiger partial charge in [0.25, 0.3) is 5.78 Å². The molecule has 1 rings (SSSR count). The third-order valence-corrected chi connectivity index (χ3v) is 4.12. The lowest BCUT2D eigenvalue weighted by Crippen LogP contribution is -2.44. The first-order chi connectivity index (χ1) is 14.3. The van der Waals surface area contributed by atoms with Gasteiger partial charge in [-0.3, -0.25) is 19.2 Å². The molecule has 0 spiro atoms. The molecule has 0 atom stereocenters. The summed E-state index contributed by atoms with van der Waals surface area (Å²) < 4.78 is 4.96. The molecular formula is C20H26BN3O6. The molecule has 3 amide bonds. The maximum absolute atomic E-state index is 12.1. The summed E-state index contributed by atoms with van der Waals surface area (Å²) in [4.78, 5) is 61.7. The highest BCUT2D eigenvalue weighted by Crippen LogP contribution is 2.02. The number of nitrogens with one attached hydrogen (secondary N) is 1. The lowest BCUT2D eigenvalue weighted by molar-refractivity contribution is -0.156. The van der Waals surface area contributed by atoms with Gasteiger partial charge in [0.1, 0.15) is 6.61 Å². The van der Waals surface area contributed by atoms with Gasteiger partial charge in [-0.1, -0.05) is 37.3 Å². The van der Waals surface area contributed by atoms with Crippen LogP contribution in [0.2, 0.25) is 6.32 Å².